The SMILES string of the molecule is CC(C)N1CCN(C2c3cc(S(=O)(=O)C(F)(F)F)ccc3OC(C)(C)C2O)C(=O)C1. The predicted molar refractivity (Wildman–Crippen MR) is 102 cm³/mol. The van der Waals surface area contributed by atoms with Crippen LogP contribution in [0.3, 0.4) is 0 Å². The molecule has 30 heavy (non-hydrogen) atoms. The number of fused-ring (bicyclic) bond motifs is 1. The topological polar surface area (TPSA) is 87.2 Å². The Kier molecular flexibility index (Phi) is 5.62. The Balaban J connectivity index is 2.09. The number of carbonyl (C=O) groups is 1. The second-order valence-corrected chi connectivity index (χ2v) is 10.3. The van der Waals surface area contributed by atoms with Crippen molar-refractivity contribution >= 4 is 15.7 Å². The summed E-state index contributed by atoms with van der Waals surface area (Å²) in [5, 5.41) is 10.9. The molecule has 11 heteroatoms. The average molecular weight is 450 g/mol. The maximum atomic E-state index is 13.0. The first kappa shape index (κ1) is 22.8. The van der Waals surface area contributed by atoms with Gasteiger partial charge in [-0.15, -0.1) is 0 Å². The second-order valence-electron chi connectivity index (χ2n) is 8.40. The normalized spacial score (nSPS) is 25.2. The van der Waals surface area contributed by atoms with E-state index in [1.54, 1.807) is 13.8 Å². The molecule has 0 radical (unpaired) electrons. The number of carbonyl (C=O) groups excluding carboxylic acids is 1. The Bertz CT molecular complexity index is 946. The monoisotopic (exact) mass is 450 g/mol. The van der Waals surface area contributed by atoms with E-state index in [1.807, 2.05) is 18.7 Å². The van der Waals surface area contributed by atoms with Crippen LogP contribution in [0.4, 0.5) is 13.2 Å². The quantitative estimate of drug-likeness (QED) is 0.759. The van der Waals surface area contributed by atoms with Gasteiger partial charge < -0.3 is 14.7 Å². The molecule has 2 unspecified atom stereocenters. The van der Waals surface area contributed by atoms with Crippen molar-refractivity contribution in [3.63, 3.8) is 0 Å². The van der Waals surface area contributed by atoms with E-state index in [1.165, 1.54) is 4.90 Å². The van der Waals surface area contributed by atoms with Crippen LogP contribution in [0.15, 0.2) is 23.1 Å². The molecule has 0 aromatic heterocycles. The fourth-order valence-corrected chi connectivity index (χ4v) is 4.62. The lowest BCUT2D eigenvalue weighted by molar-refractivity contribution is -0.151. The number of amides is 1. The Labute approximate surface area is 173 Å². The van der Waals surface area contributed by atoms with E-state index in [4.69, 9.17) is 4.74 Å². The molecule has 1 amide bonds. The minimum atomic E-state index is -5.59. The van der Waals surface area contributed by atoms with E-state index in [-0.39, 0.29) is 36.4 Å². The second kappa shape index (κ2) is 7.38. The lowest BCUT2D eigenvalue weighted by Crippen LogP contribution is -2.59. The molecule has 0 aliphatic carbocycles. The molecule has 3 rings (SSSR count). The summed E-state index contributed by atoms with van der Waals surface area (Å²) in [6.07, 6.45) is -1.27. The smallest absolute Gasteiger partial charge is 0.485 e. The minimum Gasteiger partial charge on any atom is -0.485 e. The van der Waals surface area contributed by atoms with Crippen molar-refractivity contribution in [1.82, 2.24) is 9.80 Å². The Morgan fingerprint density at radius 1 is 1.23 bits per heavy atom. The molecule has 0 spiro atoms. The molecule has 2 atom stereocenters. The van der Waals surface area contributed by atoms with Crippen LogP contribution in [0, 0.1) is 0 Å². The van der Waals surface area contributed by atoms with Gasteiger partial charge in [0.15, 0.2) is 0 Å². The number of alkyl halides is 3. The van der Waals surface area contributed by atoms with E-state index in [0.29, 0.717) is 6.54 Å². The molecule has 2 aliphatic heterocycles. The van der Waals surface area contributed by atoms with Crippen LogP contribution in [-0.4, -0.2) is 72.1 Å². The molecule has 1 aromatic carbocycles. The average Bonchev–Trinajstić information content (AvgIpc) is 2.61. The number of piperazine rings is 1. The summed E-state index contributed by atoms with van der Waals surface area (Å²) in [7, 11) is -5.59. The number of halogens is 3. The largest absolute Gasteiger partial charge is 0.501 e. The third-order valence-corrected chi connectivity index (χ3v) is 7.14. The molecule has 0 saturated carbocycles. The molecule has 1 aromatic rings. The third kappa shape index (κ3) is 3.78. The highest BCUT2D eigenvalue weighted by Crippen LogP contribution is 2.45. The summed E-state index contributed by atoms with van der Waals surface area (Å²) in [5.41, 5.74) is -6.57. The lowest BCUT2D eigenvalue weighted by Gasteiger charge is -2.48. The number of aliphatic hydroxyl groups excluding tert-OH is 1. The van der Waals surface area contributed by atoms with E-state index >= 15 is 0 Å². The Morgan fingerprint density at radius 2 is 1.87 bits per heavy atom. The molecule has 1 saturated heterocycles. The summed E-state index contributed by atoms with van der Waals surface area (Å²) in [6.45, 7) is 7.94. The molecule has 168 valence electrons. The van der Waals surface area contributed by atoms with Gasteiger partial charge in [0.1, 0.15) is 17.5 Å². The standard InChI is InChI=1S/C19H25F3N2O5S/c1-11(2)23-7-8-24(15(25)10-23)16-13-9-12(30(27,28)19(20,21)22)5-6-14(13)29-18(3,4)17(16)26/h5-6,9,11,16-17,26H,7-8,10H2,1-4H3. The fraction of sp³-hybridized carbons (Fsp3) is 0.632. The minimum absolute atomic E-state index is 0.0403. The molecule has 2 heterocycles. The summed E-state index contributed by atoms with van der Waals surface area (Å²) in [6, 6.07) is 1.91. The van der Waals surface area contributed by atoms with Gasteiger partial charge in [-0.3, -0.25) is 9.69 Å². The van der Waals surface area contributed by atoms with Crippen molar-refractivity contribution in [2.24, 2.45) is 0 Å². The zero-order chi connectivity index (χ0) is 22.6. The number of hydrogen-bond donors (Lipinski definition) is 1. The number of rotatable bonds is 3. The predicted octanol–water partition coefficient (Wildman–Crippen LogP) is 2.11. The highest BCUT2D eigenvalue weighted by atomic mass is 32.2. The maximum absolute atomic E-state index is 13.0. The molecule has 1 fully saturated rings. The van der Waals surface area contributed by atoms with Gasteiger partial charge in [0.25, 0.3) is 9.84 Å². The van der Waals surface area contributed by atoms with Crippen LogP contribution in [0.5, 0.6) is 5.75 Å². The lowest BCUT2D eigenvalue weighted by atomic mass is 9.85. The molecular weight excluding hydrogens is 425 g/mol. The van der Waals surface area contributed by atoms with E-state index in [0.717, 1.165) is 18.2 Å². The molecule has 1 N–H and O–H groups in total. The molecule has 2 aliphatic rings. The fourth-order valence-electron chi connectivity index (χ4n) is 3.82. The van der Waals surface area contributed by atoms with Crippen molar-refractivity contribution < 1.29 is 36.2 Å². The first-order valence-electron chi connectivity index (χ1n) is 9.52. The highest BCUT2D eigenvalue weighted by Gasteiger charge is 2.50. The summed E-state index contributed by atoms with van der Waals surface area (Å²) in [4.78, 5) is 15.2. The van der Waals surface area contributed by atoms with Crippen LogP contribution in [0.2, 0.25) is 0 Å². The maximum Gasteiger partial charge on any atom is 0.501 e. The number of benzene rings is 1. The molecule has 0 bridgehead atoms. The first-order valence-corrected chi connectivity index (χ1v) is 11.0. The number of hydrogen-bond acceptors (Lipinski definition) is 6. The van der Waals surface area contributed by atoms with Gasteiger partial charge in [-0.2, -0.15) is 13.2 Å². The zero-order valence-electron chi connectivity index (χ0n) is 17.1. The first-order chi connectivity index (χ1) is 13.7. The van der Waals surface area contributed by atoms with Crippen molar-refractivity contribution in [2.75, 3.05) is 19.6 Å². The third-order valence-electron chi connectivity index (χ3n) is 5.65. The summed E-state index contributed by atoms with van der Waals surface area (Å²) < 4.78 is 68.7. The van der Waals surface area contributed by atoms with Crippen LogP contribution in [0.25, 0.3) is 0 Å². The number of ether oxygens (including phenoxy) is 1. The summed E-state index contributed by atoms with van der Waals surface area (Å²) >= 11 is 0. The van der Waals surface area contributed by atoms with Crippen molar-refractivity contribution in [1.29, 1.82) is 0 Å². The van der Waals surface area contributed by atoms with Crippen LogP contribution in [0.1, 0.15) is 39.3 Å². The van der Waals surface area contributed by atoms with Crippen LogP contribution >= 0.6 is 0 Å². The number of aliphatic hydroxyl groups is 1. The molecule has 7 nitrogen and oxygen atoms in total. The Hall–Kier alpha value is -1.85. The van der Waals surface area contributed by atoms with Gasteiger partial charge in [-0.1, -0.05) is 0 Å². The van der Waals surface area contributed by atoms with Gasteiger partial charge in [-0.05, 0) is 45.9 Å². The van der Waals surface area contributed by atoms with Crippen LogP contribution in [-0.2, 0) is 14.6 Å². The summed E-state index contributed by atoms with van der Waals surface area (Å²) in [5.74, 6) is -0.165. The van der Waals surface area contributed by atoms with Crippen LogP contribution < -0.4 is 4.74 Å². The molecular formula is C19H25F3N2O5S. The van der Waals surface area contributed by atoms with E-state index in [2.05, 4.69) is 0 Å². The highest BCUT2D eigenvalue weighted by molar-refractivity contribution is 7.92. The van der Waals surface area contributed by atoms with Gasteiger partial charge in [-0.25, -0.2) is 8.42 Å². The van der Waals surface area contributed by atoms with Gasteiger partial charge >= 0.3 is 5.51 Å². The number of nitrogens with zero attached hydrogens (tertiary/aromatic N) is 2. The zero-order valence-corrected chi connectivity index (χ0v) is 17.9. The van der Waals surface area contributed by atoms with Gasteiger partial charge in [0.05, 0.1) is 17.5 Å². The van der Waals surface area contributed by atoms with E-state index in [9.17, 15) is 31.5 Å². The number of sulfone groups is 1. The van der Waals surface area contributed by atoms with Gasteiger partial charge in [0, 0.05) is 24.7 Å². The van der Waals surface area contributed by atoms with E-state index < -0.39 is 38.0 Å². The van der Waals surface area contributed by atoms with Crippen molar-refractivity contribution in [2.45, 2.75) is 61.9 Å². The van der Waals surface area contributed by atoms with Crippen molar-refractivity contribution in [3.8, 4) is 5.75 Å². The van der Waals surface area contributed by atoms with Crippen molar-refractivity contribution in [3.05, 3.63) is 23.8 Å². The van der Waals surface area contributed by atoms with Gasteiger partial charge in [0.2, 0.25) is 5.91 Å². The Morgan fingerprint density at radius 3 is 2.40 bits per heavy atom.